The summed E-state index contributed by atoms with van der Waals surface area (Å²) in [5.74, 6) is 0. The number of fused-ring (bicyclic) bond motifs is 5. The molecular weight excluding hydrogens is 1020 g/mol. The maximum atomic E-state index is 2.26. The fourth-order valence-corrected chi connectivity index (χ4v) is 11.2. The van der Waals surface area contributed by atoms with Crippen LogP contribution < -0.4 is 0 Å². The highest BCUT2D eigenvalue weighted by Gasteiger charge is 2.08. The number of hydrogen-bond donors (Lipinski definition) is 0. The Kier molecular flexibility index (Phi) is 18.0. The lowest BCUT2D eigenvalue weighted by Crippen LogP contribution is -1.83. The summed E-state index contributed by atoms with van der Waals surface area (Å²) in [4.78, 5) is 0. The van der Waals surface area contributed by atoms with Crippen molar-refractivity contribution in [3.8, 4) is 55.6 Å². The monoisotopic (exact) mass is 1090 g/mol. The van der Waals surface area contributed by atoms with Crippen molar-refractivity contribution in [3.63, 3.8) is 0 Å². The normalized spacial score (nSPS) is 10.6. The number of hydrogen-bond acceptors (Lipinski definition) is 0. The average molecular weight is 1090 g/mol. The van der Waals surface area contributed by atoms with Gasteiger partial charge in [-0.25, -0.2) is 0 Å². The van der Waals surface area contributed by atoms with E-state index in [4.69, 9.17) is 0 Å². The van der Waals surface area contributed by atoms with Crippen LogP contribution in [0, 0.1) is 34.6 Å². The van der Waals surface area contributed by atoms with Crippen LogP contribution in [0.3, 0.4) is 0 Å². The first-order valence-corrected chi connectivity index (χ1v) is 29.5. The second-order valence-corrected chi connectivity index (χ2v) is 22.0. The maximum Gasteiger partial charge on any atom is -0.0103 e. The molecule has 0 nitrogen and oxygen atoms in total. The molecule has 0 N–H and O–H groups in total. The molecule has 0 aliphatic heterocycles. The molecule has 0 aliphatic rings. The van der Waals surface area contributed by atoms with Crippen LogP contribution in [0.5, 0.6) is 0 Å². The largest absolute Gasteiger partial charge is 0.0622 e. The summed E-state index contributed by atoms with van der Waals surface area (Å²) in [6.45, 7) is 10.7. The standard InChI is InChI=1S/5C17H14/c1-13-6-4-9-15(12-13)17-11-5-8-14-7-2-3-10-16(14)17;1-13-5-4-8-15(11-13)17-10-9-14-6-2-3-7-16(14)12-17;1-13-11-15-9-5-6-10-16(15)17(12-13)14-7-3-2-4-8-14;1-13-11-12-16(14-7-3-2-4-8-14)17-10-6-5-9-15(13)17;1-13-6-8-15(9-7-13)17-11-10-14-4-2-3-5-16(14)12-17/h5*2-12H,1H3. The van der Waals surface area contributed by atoms with E-state index in [1.165, 1.54) is 137 Å². The molecule has 15 aromatic rings. The predicted octanol–water partition coefficient (Wildman–Crippen LogP) is 24.1. The van der Waals surface area contributed by atoms with Crippen LogP contribution in [0.1, 0.15) is 27.8 Å². The van der Waals surface area contributed by atoms with E-state index in [0.717, 1.165) is 0 Å². The third kappa shape index (κ3) is 14.1. The van der Waals surface area contributed by atoms with E-state index < -0.39 is 0 Å². The molecule has 0 unspecified atom stereocenters. The van der Waals surface area contributed by atoms with E-state index in [1.54, 1.807) is 0 Å². The minimum atomic E-state index is 1.28. The molecule has 0 heteroatoms. The molecule has 0 spiro atoms. The fourth-order valence-electron chi connectivity index (χ4n) is 11.2. The van der Waals surface area contributed by atoms with E-state index >= 15 is 0 Å². The highest BCUT2D eigenvalue weighted by molar-refractivity contribution is 6.00. The van der Waals surface area contributed by atoms with Gasteiger partial charge in [-0.1, -0.05) is 338 Å². The molecule has 15 rings (SSSR count). The minimum absolute atomic E-state index is 1.28. The van der Waals surface area contributed by atoms with Crippen LogP contribution in [0.25, 0.3) is 109 Å². The van der Waals surface area contributed by atoms with Crippen LogP contribution in [0.2, 0.25) is 0 Å². The first-order chi connectivity index (χ1) is 41.7. The van der Waals surface area contributed by atoms with Crippen molar-refractivity contribution < 1.29 is 0 Å². The van der Waals surface area contributed by atoms with Gasteiger partial charge in [0.15, 0.2) is 0 Å². The number of aryl methyl sites for hydroxylation is 5. The van der Waals surface area contributed by atoms with Gasteiger partial charge in [-0.2, -0.15) is 0 Å². The Labute approximate surface area is 502 Å². The van der Waals surface area contributed by atoms with Gasteiger partial charge >= 0.3 is 0 Å². The maximum absolute atomic E-state index is 2.26. The highest BCUT2D eigenvalue weighted by atomic mass is 14.1. The Morgan fingerprint density at radius 2 is 0.553 bits per heavy atom. The topological polar surface area (TPSA) is 0 Å². The molecule has 15 aromatic carbocycles. The van der Waals surface area contributed by atoms with Crippen LogP contribution in [0.15, 0.2) is 334 Å². The zero-order valence-electron chi connectivity index (χ0n) is 49.3. The van der Waals surface area contributed by atoms with Gasteiger partial charge < -0.3 is 0 Å². The van der Waals surface area contributed by atoms with E-state index in [1.807, 2.05) is 0 Å². The Morgan fingerprint density at radius 3 is 1.15 bits per heavy atom. The fraction of sp³-hybridized carbons (Fsp3) is 0.0588. The zero-order chi connectivity index (χ0) is 58.3. The lowest BCUT2D eigenvalue weighted by molar-refractivity contribution is 1.47. The molecule has 85 heavy (non-hydrogen) atoms. The number of benzene rings is 15. The summed E-state index contributed by atoms with van der Waals surface area (Å²) in [5.41, 5.74) is 19.5. The molecule has 0 aromatic heterocycles. The van der Waals surface area contributed by atoms with Crippen molar-refractivity contribution in [2.45, 2.75) is 34.6 Å². The Balaban J connectivity index is 0.000000111. The van der Waals surface area contributed by atoms with Gasteiger partial charge in [0.1, 0.15) is 0 Å². The third-order valence-corrected chi connectivity index (χ3v) is 15.7. The van der Waals surface area contributed by atoms with Crippen molar-refractivity contribution >= 4 is 53.9 Å². The van der Waals surface area contributed by atoms with Crippen LogP contribution in [0.4, 0.5) is 0 Å². The molecule has 0 fully saturated rings. The molecule has 0 amide bonds. The Bertz CT molecular complexity index is 4670. The summed E-state index contributed by atoms with van der Waals surface area (Å²) in [7, 11) is 0. The smallest absolute Gasteiger partial charge is 0.0103 e. The van der Waals surface area contributed by atoms with E-state index in [0.29, 0.717) is 0 Å². The first-order valence-electron chi connectivity index (χ1n) is 29.5. The zero-order valence-corrected chi connectivity index (χ0v) is 49.3. The predicted molar refractivity (Wildman–Crippen MR) is 371 cm³/mol. The van der Waals surface area contributed by atoms with Crippen molar-refractivity contribution in [2.75, 3.05) is 0 Å². The molecule has 0 atom stereocenters. The van der Waals surface area contributed by atoms with Gasteiger partial charge in [-0.05, 0) is 167 Å². The minimum Gasteiger partial charge on any atom is -0.0622 e. The first kappa shape index (κ1) is 56.5. The lowest BCUT2D eigenvalue weighted by atomic mass is 9.96. The average Bonchev–Trinajstić information content (AvgIpc) is 3.75. The molecular formula is C85H70. The van der Waals surface area contributed by atoms with E-state index in [9.17, 15) is 0 Å². The summed E-state index contributed by atoms with van der Waals surface area (Å²) >= 11 is 0. The molecule has 0 radical (unpaired) electrons. The summed E-state index contributed by atoms with van der Waals surface area (Å²) in [6.07, 6.45) is 0. The van der Waals surface area contributed by atoms with Crippen molar-refractivity contribution in [1.29, 1.82) is 0 Å². The summed E-state index contributed by atoms with van der Waals surface area (Å²) < 4.78 is 0. The molecule has 0 bridgehead atoms. The van der Waals surface area contributed by atoms with Crippen LogP contribution >= 0.6 is 0 Å². The Hall–Kier alpha value is -10.4. The van der Waals surface area contributed by atoms with Gasteiger partial charge in [-0.15, -0.1) is 0 Å². The second-order valence-electron chi connectivity index (χ2n) is 22.0. The van der Waals surface area contributed by atoms with Crippen LogP contribution in [-0.2, 0) is 0 Å². The van der Waals surface area contributed by atoms with Gasteiger partial charge in [0.25, 0.3) is 0 Å². The highest BCUT2D eigenvalue weighted by Crippen LogP contribution is 2.33. The molecule has 0 heterocycles. The van der Waals surface area contributed by atoms with Gasteiger partial charge in [0.05, 0.1) is 0 Å². The van der Waals surface area contributed by atoms with Crippen molar-refractivity contribution in [1.82, 2.24) is 0 Å². The molecule has 0 saturated heterocycles. The quantitative estimate of drug-likeness (QED) is 0.161. The Morgan fingerprint density at radius 1 is 0.153 bits per heavy atom. The summed E-state index contributed by atoms with van der Waals surface area (Å²) in [5, 5.41) is 13.1. The lowest BCUT2D eigenvalue weighted by Gasteiger charge is -2.09. The van der Waals surface area contributed by atoms with Crippen molar-refractivity contribution in [3.05, 3.63) is 361 Å². The van der Waals surface area contributed by atoms with Crippen LogP contribution in [-0.4, -0.2) is 0 Å². The van der Waals surface area contributed by atoms with Crippen molar-refractivity contribution in [2.24, 2.45) is 0 Å². The second kappa shape index (κ2) is 27.1. The van der Waals surface area contributed by atoms with Gasteiger partial charge in [-0.3, -0.25) is 0 Å². The summed E-state index contributed by atoms with van der Waals surface area (Å²) in [6, 6.07) is 118. The molecule has 410 valence electrons. The SMILES string of the molecule is Cc1cc(-c2ccccc2)c2ccccc2c1.Cc1ccc(-c2ccc3ccccc3c2)cc1.Cc1ccc(-c2ccccc2)c2ccccc12.Cc1cccc(-c2ccc3ccccc3c2)c1.Cc1cccc(-c2cccc3ccccc23)c1. The van der Waals surface area contributed by atoms with Gasteiger partial charge in [0.2, 0.25) is 0 Å². The third-order valence-electron chi connectivity index (χ3n) is 15.7. The van der Waals surface area contributed by atoms with E-state index in [-0.39, 0.29) is 0 Å². The molecule has 0 saturated carbocycles. The number of rotatable bonds is 5. The van der Waals surface area contributed by atoms with E-state index in [2.05, 4.69) is 368 Å². The van der Waals surface area contributed by atoms with Gasteiger partial charge in [0, 0.05) is 0 Å². The molecule has 0 aliphatic carbocycles.